The fraction of sp³-hybridized carbons (Fsp3) is 0.0625. The van der Waals surface area contributed by atoms with Crippen LogP contribution in [-0.2, 0) is 0 Å². The fourth-order valence-corrected chi connectivity index (χ4v) is 1.65. The van der Waals surface area contributed by atoms with Crippen LogP contribution < -0.4 is 4.57 Å². The van der Waals surface area contributed by atoms with Crippen LogP contribution in [0.4, 0.5) is 0 Å². The Balaban J connectivity index is 2.20. The molecule has 17 heavy (non-hydrogen) atoms. The normalized spacial score (nSPS) is 11.9. The fourth-order valence-electron chi connectivity index (χ4n) is 1.65. The van der Waals surface area contributed by atoms with Crippen LogP contribution in [0.25, 0.3) is 11.8 Å². The van der Waals surface area contributed by atoms with Crippen molar-refractivity contribution in [2.45, 2.75) is 6.92 Å². The van der Waals surface area contributed by atoms with Crippen LogP contribution in [0.1, 0.15) is 12.5 Å². The number of nitrogens with zero attached hydrogens (tertiary/aromatic N) is 1. The Morgan fingerprint density at radius 1 is 0.941 bits per heavy atom. The maximum atomic E-state index is 2.12. The molecule has 2 aromatic rings. The predicted molar refractivity (Wildman–Crippen MR) is 72.1 cm³/mol. The van der Waals surface area contributed by atoms with E-state index in [4.69, 9.17) is 0 Å². The van der Waals surface area contributed by atoms with Crippen molar-refractivity contribution < 1.29 is 4.57 Å². The second-order valence-electron chi connectivity index (χ2n) is 3.74. The Morgan fingerprint density at radius 3 is 2.24 bits per heavy atom. The smallest absolute Gasteiger partial charge is 0.168 e. The van der Waals surface area contributed by atoms with E-state index >= 15 is 0 Å². The molecule has 0 N–H and O–H groups in total. The zero-order valence-corrected chi connectivity index (χ0v) is 9.95. The van der Waals surface area contributed by atoms with Crippen molar-refractivity contribution in [1.29, 1.82) is 0 Å². The maximum Gasteiger partial charge on any atom is 0.206 e. The number of hydrogen-bond acceptors (Lipinski definition) is 0. The lowest BCUT2D eigenvalue weighted by molar-refractivity contribution is -0.578. The molecule has 0 unspecified atom stereocenters. The highest BCUT2D eigenvalue weighted by Crippen LogP contribution is 2.04. The standard InChI is InChI=1S/C16H16N/c1-2-16(17-13-7-4-8-14-17)12-11-15-9-5-3-6-10-15/h2-14H,1H3/q+1/b12-11+,16-2?. The molecule has 0 aliphatic carbocycles. The summed E-state index contributed by atoms with van der Waals surface area (Å²) < 4.78 is 2.10. The van der Waals surface area contributed by atoms with Gasteiger partial charge in [0.15, 0.2) is 12.4 Å². The molecule has 0 amide bonds. The third-order valence-electron chi connectivity index (χ3n) is 2.56. The van der Waals surface area contributed by atoms with Gasteiger partial charge < -0.3 is 0 Å². The summed E-state index contributed by atoms with van der Waals surface area (Å²) in [6.07, 6.45) is 10.4. The molecule has 0 fully saturated rings. The summed E-state index contributed by atoms with van der Waals surface area (Å²) in [5.74, 6) is 0. The molecular formula is C16H16N+. The number of hydrogen-bond donors (Lipinski definition) is 0. The van der Waals surface area contributed by atoms with Crippen LogP contribution in [0.5, 0.6) is 0 Å². The molecule has 1 nitrogen and oxygen atoms in total. The van der Waals surface area contributed by atoms with E-state index in [1.807, 2.05) is 55.7 Å². The van der Waals surface area contributed by atoms with E-state index in [0.29, 0.717) is 0 Å². The summed E-state index contributed by atoms with van der Waals surface area (Å²) >= 11 is 0. The molecule has 2 rings (SSSR count). The monoisotopic (exact) mass is 222 g/mol. The molecule has 0 spiro atoms. The first-order valence-electron chi connectivity index (χ1n) is 5.76. The van der Waals surface area contributed by atoms with Gasteiger partial charge in [-0.2, -0.15) is 4.57 Å². The van der Waals surface area contributed by atoms with Crippen molar-refractivity contribution in [3.05, 3.63) is 78.6 Å². The van der Waals surface area contributed by atoms with Gasteiger partial charge in [0.05, 0.1) is 0 Å². The number of aromatic nitrogens is 1. The van der Waals surface area contributed by atoms with Gasteiger partial charge in [0.1, 0.15) is 0 Å². The van der Waals surface area contributed by atoms with Crippen LogP contribution in [0, 0.1) is 0 Å². The quantitative estimate of drug-likeness (QED) is 0.552. The topological polar surface area (TPSA) is 3.88 Å². The van der Waals surface area contributed by atoms with Gasteiger partial charge in [-0.1, -0.05) is 36.4 Å². The van der Waals surface area contributed by atoms with Crippen LogP contribution in [0.3, 0.4) is 0 Å². The van der Waals surface area contributed by atoms with Gasteiger partial charge in [-0.05, 0) is 24.6 Å². The Hall–Kier alpha value is -2.15. The van der Waals surface area contributed by atoms with E-state index in [9.17, 15) is 0 Å². The second-order valence-corrected chi connectivity index (χ2v) is 3.74. The van der Waals surface area contributed by atoms with Gasteiger partial charge >= 0.3 is 0 Å². The largest absolute Gasteiger partial charge is 0.206 e. The van der Waals surface area contributed by atoms with Crippen LogP contribution in [0.15, 0.2) is 73.1 Å². The summed E-state index contributed by atoms with van der Waals surface area (Å²) in [7, 11) is 0. The highest BCUT2D eigenvalue weighted by Gasteiger charge is 2.02. The van der Waals surface area contributed by atoms with Crippen LogP contribution in [-0.4, -0.2) is 0 Å². The number of allylic oxidation sites excluding steroid dienone is 3. The van der Waals surface area contributed by atoms with E-state index < -0.39 is 0 Å². The summed E-state index contributed by atoms with van der Waals surface area (Å²) in [4.78, 5) is 0. The molecule has 1 heterocycles. The van der Waals surface area contributed by atoms with Crippen molar-refractivity contribution in [2.75, 3.05) is 0 Å². The molecule has 0 aliphatic rings. The summed E-state index contributed by atoms with van der Waals surface area (Å²) in [5.41, 5.74) is 2.37. The van der Waals surface area contributed by atoms with Gasteiger partial charge in [-0.15, -0.1) is 0 Å². The van der Waals surface area contributed by atoms with Gasteiger partial charge in [0, 0.05) is 18.2 Å². The molecule has 0 saturated heterocycles. The van der Waals surface area contributed by atoms with Crippen LogP contribution in [0.2, 0.25) is 0 Å². The Morgan fingerprint density at radius 2 is 1.59 bits per heavy atom. The average Bonchev–Trinajstić information content (AvgIpc) is 2.42. The minimum Gasteiger partial charge on any atom is -0.168 e. The van der Waals surface area contributed by atoms with E-state index in [1.54, 1.807) is 0 Å². The lowest BCUT2D eigenvalue weighted by Gasteiger charge is -1.95. The van der Waals surface area contributed by atoms with E-state index in [1.165, 1.54) is 5.56 Å². The molecule has 1 aromatic heterocycles. The molecule has 1 aromatic carbocycles. The molecule has 0 saturated carbocycles. The van der Waals surface area contributed by atoms with Crippen LogP contribution >= 0.6 is 0 Å². The number of pyridine rings is 1. The zero-order valence-electron chi connectivity index (χ0n) is 9.95. The average molecular weight is 222 g/mol. The molecule has 0 aliphatic heterocycles. The highest BCUT2D eigenvalue weighted by atomic mass is 14.9. The Labute approximate surface area is 102 Å². The maximum absolute atomic E-state index is 2.12. The first-order chi connectivity index (χ1) is 8.40. The molecule has 0 bridgehead atoms. The third kappa shape index (κ3) is 3.15. The minimum atomic E-state index is 1.16. The number of benzene rings is 1. The van der Waals surface area contributed by atoms with Gasteiger partial charge in [0.2, 0.25) is 5.70 Å². The van der Waals surface area contributed by atoms with Crippen molar-refractivity contribution in [3.8, 4) is 0 Å². The second kappa shape index (κ2) is 5.80. The molecule has 0 radical (unpaired) electrons. The first kappa shape index (κ1) is 11.3. The SMILES string of the molecule is CC=C(/C=C/c1ccccc1)[n+]1ccccc1. The summed E-state index contributed by atoms with van der Waals surface area (Å²) in [6, 6.07) is 16.4. The van der Waals surface area contributed by atoms with E-state index in [-0.39, 0.29) is 0 Å². The molecule has 1 heteroatoms. The molecule has 0 atom stereocenters. The van der Waals surface area contributed by atoms with E-state index in [2.05, 4.69) is 34.9 Å². The molecular weight excluding hydrogens is 206 g/mol. The Bertz CT molecular complexity index is 510. The van der Waals surface area contributed by atoms with E-state index in [0.717, 1.165) is 5.70 Å². The van der Waals surface area contributed by atoms with Crippen molar-refractivity contribution in [2.24, 2.45) is 0 Å². The zero-order chi connectivity index (χ0) is 11.9. The van der Waals surface area contributed by atoms with Gasteiger partial charge in [-0.25, -0.2) is 0 Å². The third-order valence-corrected chi connectivity index (χ3v) is 2.56. The lowest BCUT2D eigenvalue weighted by atomic mass is 10.2. The first-order valence-corrected chi connectivity index (χ1v) is 5.76. The van der Waals surface area contributed by atoms with Crippen molar-refractivity contribution in [3.63, 3.8) is 0 Å². The van der Waals surface area contributed by atoms with Crippen molar-refractivity contribution >= 4 is 11.8 Å². The van der Waals surface area contributed by atoms with Crippen molar-refractivity contribution in [1.82, 2.24) is 0 Å². The summed E-state index contributed by atoms with van der Waals surface area (Å²) in [6.45, 7) is 2.05. The lowest BCUT2D eigenvalue weighted by Crippen LogP contribution is -2.29. The number of rotatable bonds is 3. The highest BCUT2D eigenvalue weighted by molar-refractivity contribution is 5.61. The van der Waals surface area contributed by atoms with Gasteiger partial charge in [-0.3, -0.25) is 0 Å². The summed E-state index contributed by atoms with van der Waals surface area (Å²) in [5, 5.41) is 0. The minimum absolute atomic E-state index is 1.16. The van der Waals surface area contributed by atoms with Gasteiger partial charge in [0.25, 0.3) is 0 Å². The Kier molecular flexibility index (Phi) is 3.87. The molecule has 84 valence electrons. The predicted octanol–water partition coefficient (Wildman–Crippen LogP) is 3.55.